The monoisotopic (exact) mass is 442 g/mol. The molecule has 0 saturated carbocycles. The summed E-state index contributed by atoms with van der Waals surface area (Å²) in [7, 11) is 1.62. The summed E-state index contributed by atoms with van der Waals surface area (Å²) in [6.45, 7) is 6.94. The van der Waals surface area contributed by atoms with Crippen molar-refractivity contribution in [2.75, 3.05) is 19.4 Å². The molecule has 1 N–H and O–H groups in total. The minimum absolute atomic E-state index is 0.0429. The third-order valence-electron chi connectivity index (χ3n) is 5.06. The largest absolute Gasteiger partial charge is 0.497 e. The van der Waals surface area contributed by atoms with Crippen molar-refractivity contribution < 1.29 is 14.3 Å². The van der Waals surface area contributed by atoms with Crippen molar-refractivity contribution in [1.29, 1.82) is 0 Å². The molecule has 2 aromatic carbocycles. The van der Waals surface area contributed by atoms with Crippen LogP contribution in [0, 0.1) is 6.92 Å². The van der Waals surface area contributed by atoms with Gasteiger partial charge < -0.3 is 15.0 Å². The van der Waals surface area contributed by atoms with E-state index >= 15 is 0 Å². The first-order valence-corrected chi connectivity index (χ1v) is 11.9. The van der Waals surface area contributed by atoms with Crippen LogP contribution in [0.25, 0.3) is 0 Å². The average Bonchev–Trinajstić information content (AvgIpc) is 2.77. The molecule has 168 valence electrons. The molecule has 31 heavy (non-hydrogen) atoms. The van der Waals surface area contributed by atoms with E-state index in [0.29, 0.717) is 18.8 Å². The Bertz CT molecular complexity index is 856. The Balaban J connectivity index is 2.07. The number of carbonyl (C=O) groups is 2. The Hall–Kier alpha value is -2.47. The van der Waals surface area contributed by atoms with Crippen molar-refractivity contribution in [2.24, 2.45) is 0 Å². The lowest BCUT2D eigenvalue weighted by Gasteiger charge is -2.29. The summed E-state index contributed by atoms with van der Waals surface area (Å²) in [6, 6.07) is 15.4. The summed E-state index contributed by atoms with van der Waals surface area (Å²) in [5.41, 5.74) is 3.34. The van der Waals surface area contributed by atoms with Crippen molar-refractivity contribution in [1.82, 2.24) is 10.2 Å². The highest BCUT2D eigenvalue weighted by Gasteiger charge is 2.26. The molecular formula is C25H34N2O3S. The minimum atomic E-state index is -0.546. The Kier molecular flexibility index (Phi) is 10.4. The predicted molar refractivity (Wildman–Crippen MR) is 128 cm³/mol. The number of aryl methyl sites for hydroxylation is 1. The van der Waals surface area contributed by atoms with E-state index < -0.39 is 6.04 Å². The average molecular weight is 443 g/mol. The zero-order valence-corrected chi connectivity index (χ0v) is 19.8. The molecule has 2 aromatic rings. The smallest absolute Gasteiger partial charge is 0.242 e. The van der Waals surface area contributed by atoms with Gasteiger partial charge in [0.1, 0.15) is 11.8 Å². The zero-order chi connectivity index (χ0) is 22.6. The third kappa shape index (κ3) is 8.29. The first-order valence-electron chi connectivity index (χ1n) is 10.8. The lowest BCUT2D eigenvalue weighted by Crippen LogP contribution is -2.48. The molecule has 0 aliphatic heterocycles. The van der Waals surface area contributed by atoms with Crippen LogP contribution in [0.1, 0.15) is 43.4 Å². The summed E-state index contributed by atoms with van der Waals surface area (Å²) >= 11 is 1.57. The highest BCUT2D eigenvalue weighted by molar-refractivity contribution is 7.99. The molecule has 0 heterocycles. The van der Waals surface area contributed by atoms with Crippen molar-refractivity contribution >= 4 is 23.6 Å². The van der Waals surface area contributed by atoms with Crippen LogP contribution in [-0.4, -0.2) is 42.2 Å². The number of thioether (sulfide) groups is 1. The van der Waals surface area contributed by atoms with Crippen molar-refractivity contribution in [3.8, 4) is 5.75 Å². The molecule has 6 heteroatoms. The van der Waals surface area contributed by atoms with Gasteiger partial charge in [0.15, 0.2) is 0 Å². The Morgan fingerprint density at radius 2 is 1.87 bits per heavy atom. The van der Waals surface area contributed by atoms with Crippen LogP contribution in [0.5, 0.6) is 5.75 Å². The lowest BCUT2D eigenvalue weighted by atomic mass is 10.1. The highest BCUT2D eigenvalue weighted by Crippen LogP contribution is 2.19. The van der Waals surface area contributed by atoms with Gasteiger partial charge in [-0.3, -0.25) is 9.59 Å². The van der Waals surface area contributed by atoms with E-state index in [2.05, 4.69) is 37.4 Å². The molecule has 0 aliphatic rings. The van der Waals surface area contributed by atoms with Crippen molar-refractivity contribution in [2.45, 2.75) is 52.0 Å². The summed E-state index contributed by atoms with van der Waals surface area (Å²) in [4.78, 5) is 27.5. The van der Waals surface area contributed by atoms with E-state index in [-0.39, 0.29) is 11.8 Å². The molecule has 0 radical (unpaired) electrons. The van der Waals surface area contributed by atoms with Crippen molar-refractivity contribution in [3.05, 3.63) is 65.2 Å². The van der Waals surface area contributed by atoms with Crippen LogP contribution in [0.15, 0.2) is 48.5 Å². The third-order valence-corrected chi connectivity index (χ3v) is 6.05. The van der Waals surface area contributed by atoms with Gasteiger partial charge in [-0.25, -0.2) is 0 Å². The Morgan fingerprint density at radius 3 is 2.58 bits per heavy atom. The Labute approximate surface area is 190 Å². The zero-order valence-electron chi connectivity index (χ0n) is 19.0. The number of methoxy groups -OCH3 is 1. The van der Waals surface area contributed by atoms with Gasteiger partial charge in [-0.1, -0.05) is 55.3 Å². The number of benzene rings is 2. The maximum atomic E-state index is 13.1. The molecule has 0 saturated heterocycles. The second kappa shape index (κ2) is 13.1. The number of hydrogen-bond acceptors (Lipinski definition) is 4. The number of hydrogen-bond donors (Lipinski definition) is 1. The van der Waals surface area contributed by atoms with Crippen LogP contribution in [-0.2, 0) is 21.9 Å². The van der Waals surface area contributed by atoms with E-state index in [9.17, 15) is 9.59 Å². The summed E-state index contributed by atoms with van der Waals surface area (Å²) in [6.07, 6.45) is 1.94. The van der Waals surface area contributed by atoms with Gasteiger partial charge in [0.2, 0.25) is 11.8 Å². The molecule has 0 bridgehead atoms. The molecule has 0 aliphatic carbocycles. The molecule has 1 atom stereocenters. The summed E-state index contributed by atoms with van der Waals surface area (Å²) in [5.74, 6) is 1.66. The number of unbranched alkanes of at least 4 members (excludes halogenated alkanes) is 1. The van der Waals surface area contributed by atoms with Crippen LogP contribution >= 0.6 is 11.8 Å². The number of carbonyl (C=O) groups excluding carboxylic acids is 2. The molecule has 0 aromatic heterocycles. The van der Waals surface area contributed by atoms with Gasteiger partial charge in [0.25, 0.3) is 0 Å². The van der Waals surface area contributed by atoms with E-state index in [4.69, 9.17) is 4.74 Å². The minimum Gasteiger partial charge on any atom is -0.497 e. The second-order valence-corrected chi connectivity index (χ2v) is 8.66. The topological polar surface area (TPSA) is 58.6 Å². The van der Waals surface area contributed by atoms with Crippen LogP contribution in [0.2, 0.25) is 0 Å². The molecule has 5 nitrogen and oxygen atoms in total. The normalized spacial score (nSPS) is 11.6. The molecule has 1 unspecified atom stereocenters. The fraction of sp³-hybridized carbons (Fsp3) is 0.440. The molecular weight excluding hydrogens is 408 g/mol. The highest BCUT2D eigenvalue weighted by atomic mass is 32.2. The van der Waals surface area contributed by atoms with Crippen molar-refractivity contribution in [3.63, 3.8) is 0 Å². The van der Waals surface area contributed by atoms with Crippen LogP contribution in [0.4, 0.5) is 0 Å². The van der Waals surface area contributed by atoms with Gasteiger partial charge in [0.05, 0.1) is 12.9 Å². The number of nitrogens with one attached hydrogen (secondary N) is 1. The molecule has 2 amide bonds. The van der Waals surface area contributed by atoms with Crippen LogP contribution in [0.3, 0.4) is 0 Å². The number of nitrogens with zero attached hydrogens (tertiary/aromatic N) is 1. The quantitative estimate of drug-likeness (QED) is 0.489. The summed E-state index contributed by atoms with van der Waals surface area (Å²) < 4.78 is 5.31. The number of ether oxygens (including phenoxy) is 1. The summed E-state index contributed by atoms with van der Waals surface area (Å²) in [5, 5.41) is 2.95. The van der Waals surface area contributed by atoms with Gasteiger partial charge in [-0.05, 0) is 43.5 Å². The SMILES string of the molecule is CCCCNC(=O)C(C)N(Cc1cccc(OC)c1)C(=O)CSCc1cccc(C)c1. The second-order valence-electron chi connectivity index (χ2n) is 7.68. The Morgan fingerprint density at radius 1 is 1.13 bits per heavy atom. The van der Waals surface area contributed by atoms with Gasteiger partial charge in [0, 0.05) is 18.8 Å². The van der Waals surface area contributed by atoms with Crippen LogP contribution < -0.4 is 10.1 Å². The number of amides is 2. The van der Waals surface area contributed by atoms with E-state index in [1.54, 1.807) is 30.7 Å². The first kappa shape index (κ1) is 24.8. The molecule has 2 rings (SSSR count). The van der Waals surface area contributed by atoms with E-state index in [1.165, 1.54) is 11.1 Å². The van der Waals surface area contributed by atoms with Gasteiger partial charge in [-0.2, -0.15) is 0 Å². The van der Waals surface area contributed by atoms with Gasteiger partial charge >= 0.3 is 0 Å². The molecule has 0 fully saturated rings. The maximum absolute atomic E-state index is 13.1. The van der Waals surface area contributed by atoms with Gasteiger partial charge in [-0.15, -0.1) is 11.8 Å². The van der Waals surface area contributed by atoms with E-state index in [0.717, 1.165) is 29.9 Å². The standard InChI is InChI=1S/C25H34N2O3S/c1-5-6-13-26-25(29)20(3)27(16-21-10-8-12-23(15-21)30-4)24(28)18-31-17-22-11-7-9-19(2)14-22/h7-12,14-15,20H,5-6,13,16-18H2,1-4H3,(H,26,29). The fourth-order valence-electron chi connectivity index (χ4n) is 3.23. The lowest BCUT2D eigenvalue weighted by molar-refractivity contribution is -0.138. The predicted octanol–water partition coefficient (Wildman–Crippen LogP) is 4.57. The maximum Gasteiger partial charge on any atom is 0.242 e. The molecule has 0 spiro atoms. The number of rotatable bonds is 12. The van der Waals surface area contributed by atoms with E-state index in [1.807, 2.05) is 30.3 Å². The fourth-order valence-corrected chi connectivity index (χ4v) is 4.09. The first-order chi connectivity index (χ1) is 14.9.